The summed E-state index contributed by atoms with van der Waals surface area (Å²) in [5.41, 5.74) is 1.74. The molecule has 2 heterocycles. The van der Waals surface area contributed by atoms with Crippen molar-refractivity contribution in [2.75, 3.05) is 22.1 Å². The highest BCUT2D eigenvalue weighted by Gasteiger charge is 2.16. The lowest BCUT2D eigenvalue weighted by Gasteiger charge is -2.18. The number of benzene rings is 1. The number of aromatic nitrogens is 4. The monoisotopic (exact) mass is 494 g/mol. The van der Waals surface area contributed by atoms with Crippen LogP contribution in [0.5, 0.6) is 0 Å². The van der Waals surface area contributed by atoms with Crippen LogP contribution >= 0.6 is 46.2 Å². The van der Waals surface area contributed by atoms with Gasteiger partial charge in [0.25, 0.3) is 5.91 Å². The van der Waals surface area contributed by atoms with Gasteiger partial charge in [-0.15, -0.1) is 20.4 Å². The van der Waals surface area contributed by atoms with Gasteiger partial charge in [-0.2, -0.15) is 0 Å². The van der Waals surface area contributed by atoms with Crippen LogP contribution < -0.4 is 10.6 Å². The van der Waals surface area contributed by atoms with Crippen molar-refractivity contribution in [3.05, 3.63) is 35.4 Å². The van der Waals surface area contributed by atoms with Crippen LogP contribution in [-0.4, -0.2) is 43.7 Å². The van der Waals surface area contributed by atoms with E-state index in [0.717, 1.165) is 15.7 Å². The highest BCUT2D eigenvalue weighted by molar-refractivity contribution is 8.01. The fourth-order valence-corrected chi connectivity index (χ4v) is 5.55. The number of amides is 2. The van der Waals surface area contributed by atoms with E-state index in [-0.39, 0.29) is 23.0 Å². The SMILES string of the molecule is CCSc1nnc(NC(=O)CSc2nnc(NC(=O)c3ccc(C(C)(C)C)cc3)s2)s1. The number of nitrogens with zero attached hydrogens (tertiary/aromatic N) is 4. The van der Waals surface area contributed by atoms with E-state index in [9.17, 15) is 9.59 Å². The molecule has 0 aliphatic carbocycles. The highest BCUT2D eigenvalue weighted by Crippen LogP contribution is 2.28. The zero-order valence-corrected chi connectivity index (χ0v) is 20.7. The summed E-state index contributed by atoms with van der Waals surface area (Å²) in [5, 5.41) is 22.3. The highest BCUT2D eigenvalue weighted by atomic mass is 32.2. The maximum Gasteiger partial charge on any atom is 0.257 e. The van der Waals surface area contributed by atoms with Crippen LogP contribution in [0.3, 0.4) is 0 Å². The normalized spacial score (nSPS) is 11.4. The van der Waals surface area contributed by atoms with Crippen molar-refractivity contribution in [1.29, 1.82) is 0 Å². The first-order chi connectivity index (χ1) is 14.7. The molecule has 0 radical (unpaired) electrons. The number of hydrogen-bond acceptors (Lipinski definition) is 10. The number of nitrogens with one attached hydrogen (secondary N) is 2. The molecule has 164 valence electrons. The Morgan fingerprint density at radius 1 is 0.903 bits per heavy atom. The van der Waals surface area contributed by atoms with E-state index in [1.54, 1.807) is 23.9 Å². The van der Waals surface area contributed by atoms with E-state index in [4.69, 9.17) is 0 Å². The molecule has 0 aliphatic rings. The van der Waals surface area contributed by atoms with Gasteiger partial charge in [0.2, 0.25) is 16.2 Å². The molecule has 31 heavy (non-hydrogen) atoms. The Labute approximate surface area is 197 Å². The molecule has 2 N–H and O–H groups in total. The molecule has 0 fully saturated rings. The molecule has 0 spiro atoms. The van der Waals surface area contributed by atoms with E-state index in [1.807, 2.05) is 19.1 Å². The fourth-order valence-electron chi connectivity index (χ4n) is 2.33. The van der Waals surface area contributed by atoms with Gasteiger partial charge < -0.3 is 0 Å². The van der Waals surface area contributed by atoms with Crippen LogP contribution in [0.1, 0.15) is 43.6 Å². The van der Waals surface area contributed by atoms with E-state index in [1.165, 1.54) is 34.4 Å². The second-order valence-corrected chi connectivity index (χ2v) is 12.0. The second-order valence-electron chi connectivity index (χ2n) is 7.30. The van der Waals surface area contributed by atoms with Gasteiger partial charge >= 0.3 is 0 Å². The molecule has 0 bridgehead atoms. The Bertz CT molecular complexity index is 1040. The quantitative estimate of drug-likeness (QED) is 0.340. The van der Waals surface area contributed by atoms with Gasteiger partial charge in [0.1, 0.15) is 0 Å². The molecule has 0 unspecified atom stereocenters. The lowest BCUT2D eigenvalue weighted by molar-refractivity contribution is -0.113. The molecule has 8 nitrogen and oxygen atoms in total. The molecular formula is C19H22N6O2S4. The standard InChI is InChI=1S/C19H22N6O2S4/c1-5-28-17-24-22-15(30-17)20-13(26)10-29-18-25-23-16(31-18)21-14(27)11-6-8-12(9-7-11)19(2,3)4/h6-9H,5,10H2,1-4H3,(H,20,22,26)(H,21,23,27). The van der Waals surface area contributed by atoms with Crippen LogP contribution in [-0.2, 0) is 10.2 Å². The lowest BCUT2D eigenvalue weighted by Crippen LogP contribution is -2.14. The van der Waals surface area contributed by atoms with Crippen LogP contribution in [0.15, 0.2) is 32.9 Å². The van der Waals surface area contributed by atoms with Crippen molar-refractivity contribution >= 4 is 68.3 Å². The van der Waals surface area contributed by atoms with Gasteiger partial charge in [-0.3, -0.25) is 20.2 Å². The summed E-state index contributed by atoms with van der Waals surface area (Å²) in [6, 6.07) is 7.51. The molecule has 0 saturated heterocycles. The summed E-state index contributed by atoms with van der Waals surface area (Å²) < 4.78 is 1.41. The van der Waals surface area contributed by atoms with Crippen molar-refractivity contribution in [2.45, 2.75) is 41.8 Å². The van der Waals surface area contributed by atoms with Crippen molar-refractivity contribution in [3.63, 3.8) is 0 Å². The van der Waals surface area contributed by atoms with Crippen molar-refractivity contribution in [3.8, 4) is 0 Å². The van der Waals surface area contributed by atoms with E-state index < -0.39 is 0 Å². The topological polar surface area (TPSA) is 110 Å². The smallest absolute Gasteiger partial charge is 0.257 e. The third-order valence-electron chi connectivity index (χ3n) is 3.89. The Morgan fingerprint density at radius 2 is 1.48 bits per heavy atom. The molecule has 12 heteroatoms. The number of carbonyl (C=O) groups is 2. The largest absolute Gasteiger partial charge is 0.300 e. The third-order valence-corrected chi connectivity index (χ3v) is 7.71. The maximum absolute atomic E-state index is 12.4. The average molecular weight is 495 g/mol. The number of anilines is 2. The van der Waals surface area contributed by atoms with Crippen molar-refractivity contribution in [2.24, 2.45) is 0 Å². The van der Waals surface area contributed by atoms with Gasteiger partial charge in [0.05, 0.1) is 5.75 Å². The lowest BCUT2D eigenvalue weighted by atomic mass is 9.87. The molecule has 0 atom stereocenters. The average Bonchev–Trinajstić information content (AvgIpc) is 3.35. The Hall–Kier alpha value is -2.02. The zero-order chi connectivity index (χ0) is 22.4. The summed E-state index contributed by atoms with van der Waals surface area (Å²) in [4.78, 5) is 24.6. The first kappa shape index (κ1) is 23.6. The van der Waals surface area contributed by atoms with E-state index >= 15 is 0 Å². The van der Waals surface area contributed by atoms with E-state index in [2.05, 4.69) is 51.8 Å². The minimum Gasteiger partial charge on any atom is -0.300 e. The molecule has 0 saturated carbocycles. The predicted molar refractivity (Wildman–Crippen MR) is 129 cm³/mol. The van der Waals surface area contributed by atoms with Gasteiger partial charge in [0, 0.05) is 5.56 Å². The molecule has 3 aromatic rings. The summed E-state index contributed by atoms with van der Waals surface area (Å²) in [7, 11) is 0. The minimum absolute atomic E-state index is 0.0273. The maximum atomic E-state index is 12.4. The Morgan fingerprint density at radius 3 is 2.06 bits per heavy atom. The number of carbonyl (C=O) groups excluding carboxylic acids is 2. The number of thioether (sulfide) groups is 2. The minimum atomic E-state index is -0.247. The van der Waals surface area contributed by atoms with Gasteiger partial charge in [0.15, 0.2) is 8.68 Å². The van der Waals surface area contributed by atoms with Crippen LogP contribution in [0.2, 0.25) is 0 Å². The Balaban J connectivity index is 1.49. The molecule has 2 amide bonds. The zero-order valence-electron chi connectivity index (χ0n) is 17.5. The first-order valence-electron chi connectivity index (χ1n) is 9.39. The number of hydrogen-bond donors (Lipinski definition) is 2. The molecule has 1 aromatic carbocycles. The molecular weight excluding hydrogens is 473 g/mol. The number of rotatable bonds is 8. The van der Waals surface area contributed by atoms with E-state index in [0.29, 0.717) is 20.2 Å². The van der Waals surface area contributed by atoms with Crippen molar-refractivity contribution < 1.29 is 9.59 Å². The van der Waals surface area contributed by atoms with Crippen LogP contribution in [0.25, 0.3) is 0 Å². The van der Waals surface area contributed by atoms with Crippen molar-refractivity contribution in [1.82, 2.24) is 20.4 Å². The van der Waals surface area contributed by atoms with Crippen LogP contribution in [0, 0.1) is 0 Å². The second kappa shape index (κ2) is 10.5. The molecule has 3 rings (SSSR count). The third kappa shape index (κ3) is 6.99. The Kier molecular flexibility index (Phi) is 8.03. The van der Waals surface area contributed by atoms with Gasteiger partial charge in [-0.25, -0.2) is 0 Å². The van der Waals surface area contributed by atoms with Crippen LogP contribution in [0.4, 0.5) is 10.3 Å². The summed E-state index contributed by atoms with van der Waals surface area (Å²) in [6.45, 7) is 8.40. The molecule has 2 aromatic heterocycles. The molecule has 0 aliphatic heterocycles. The predicted octanol–water partition coefficient (Wildman–Crippen LogP) is 4.78. The fraction of sp³-hybridized carbons (Fsp3) is 0.368. The summed E-state index contributed by atoms with van der Waals surface area (Å²) in [6.07, 6.45) is 0. The van der Waals surface area contributed by atoms with Gasteiger partial charge in [-0.05, 0) is 28.9 Å². The summed E-state index contributed by atoms with van der Waals surface area (Å²) in [5.74, 6) is 0.611. The van der Waals surface area contributed by atoms with Gasteiger partial charge in [-0.1, -0.05) is 86.0 Å². The summed E-state index contributed by atoms with van der Waals surface area (Å²) >= 11 is 5.39. The first-order valence-corrected chi connectivity index (χ1v) is 13.0.